The Bertz CT molecular complexity index is 371. The van der Waals surface area contributed by atoms with Crippen molar-refractivity contribution in [2.45, 2.75) is 31.8 Å². The molecule has 1 heterocycles. The molecule has 1 atom stereocenters. The summed E-state index contributed by atoms with van der Waals surface area (Å²) in [5, 5.41) is 0. The smallest absolute Gasteiger partial charge is 0.0250 e. The molecule has 1 fully saturated rings. The minimum atomic E-state index is 0.633. The van der Waals surface area contributed by atoms with Crippen molar-refractivity contribution in [2.75, 3.05) is 13.1 Å². The average molecular weight is 216 g/mol. The molecular formula is C14H20N2. The van der Waals surface area contributed by atoms with Crippen molar-refractivity contribution in [3.8, 4) is 0 Å². The first kappa shape index (κ1) is 10.3. The summed E-state index contributed by atoms with van der Waals surface area (Å²) < 4.78 is 0. The van der Waals surface area contributed by atoms with Crippen LogP contribution in [0.2, 0.25) is 0 Å². The Morgan fingerprint density at radius 3 is 2.69 bits per heavy atom. The molecule has 0 spiro atoms. The zero-order valence-electron chi connectivity index (χ0n) is 9.73. The maximum atomic E-state index is 5.92. The summed E-state index contributed by atoms with van der Waals surface area (Å²) >= 11 is 0. The van der Waals surface area contributed by atoms with Crippen LogP contribution in [-0.4, -0.2) is 24.0 Å². The molecule has 16 heavy (non-hydrogen) atoms. The van der Waals surface area contributed by atoms with Crippen LogP contribution >= 0.6 is 0 Å². The Kier molecular flexibility index (Phi) is 2.70. The molecule has 2 N–H and O–H groups in total. The fraction of sp³-hybridized carbons (Fsp3) is 0.571. The molecule has 86 valence electrons. The van der Waals surface area contributed by atoms with E-state index in [1.807, 2.05) is 0 Å². The average Bonchev–Trinajstić information content (AvgIpc) is 3.14. The molecular weight excluding hydrogens is 196 g/mol. The molecule has 0 amide bonds. The number of fused-ring (bicyclic) bond motifs is 1. The minimum Gasteiger partial charge on any atom is -0.329 e. The van der Waals surface area contributed by atoms with E-state index in [1.54, 1.807) is 0 Å². The van der Waals surface area contributed by atoms with E-state index in [2.05, 4.69) is 29.2 Å². The van der Waals surface area contributed by atoms with Gasteiger partial charge in [0.2, 0.25) is 0 Å². The molecule has 3 rings (SSSR count). The Morgan fingerprint density at radius 2 is 2.00 bits per heavy atom. The molecule has 0 saturated heterocycles. The van der Waals surface area contributed by atoms with Gasteiger partial charge in [0.15, 0.2) is 0 Å². The second kappa shape index (κ2) is 4.19. The second-order valence-corrected chi connectivity index (χ2v) is 5.13. The van der Waals surface area contributed by atoms with Gasteiger partial charge in [-0.15, -0.1) is 0 Å². The largest absolute Gasteiger partial charge is 0.329 e. The summed E-state index contributed by atoms with van der Waals surface area (Å²) in [4.78, 5) is 2.60. The first-order valence-corrected chi connectivity index (χ1v) is 6.39. The van der Waals surface area contributed by atoms with Crippen LogP contribution in [-0.2, 0) is 13.0 Å². The molecule has 1 unspecified atom stereocenters. The van der Waals surface area contributed by atoms with E-state index in [9.17, 15) is 0 Å². The number of rotatable bonds is 3. The lowest BCUT2D eigenvalue weighted by molar-refractivity contribution is 0.164. The Hall–Kier alpha value is -0.860. The van der Waals surface area contributed by atoms with Gasteiger partial charge in [-0.05, 0) is 36.3 Å². The van der Waals surface area contributed by atoms with Crippen molar-refractivity contribution < 1.29 is 0 Å². The van der Waals surface area contributed by atoms with Gasteiger partial charge >= 0.3 is 0 Å². The van der Waals surface area contributed by atoms with Crippen molar-refractivity contribution in [1.29, 1.82) is 0 Å². The number of benzene rings is 1. The quantitative estimate of drug-likeness (QED) is 0.834. The SMILES string of the molecule is NCC(C1CC1)N1CCc2ccccc2C1. The van der Waals surface area contributed by atoms with Crippen LogP contribution in [0.1, 0.15) is 24.0 Å². The molecule has 1 aliphatic heterocycles. The summed E-state index contributed by atoms with van der Waals surface area (Å²) in [6, 6.07) is 9.46. The Labute approximate surface area is 97.4 Å². The van der Waals surface area contributed by atoms with E-state index in [1.165, 1.54) is 36.9 Å². The lowest BCUT2D eigenvalue weighted by atomic mass is 9.97. The molecule has 1 saturated carbocycles. The first-order chi connectivity index (χ1) is 7.88. The van der Waals surface area contributed by atoms with Gasteiger partial charge in [-0.25, -0.2) is 0 Å². The van der Waals surface area contributed by atoms with Crippen LogP contribution in [0, 0.1) is 5.92 Å². The van der Waals surface area contributed by atoms with E-state index >= 15 is 0 Å². The van der Waals surface area contributed by atoms with Gasteiger partial charge in [0.05, 0.1) is 0 Å². The van der Waals surface area contributed by atoms with Crippen LogP contribution in [0.3, 0.4) is 0 Å². The van der Waals surface area contributed by atoms with E-state index in [-0.39, 0.29) is 0 Å². The van der Waals surface area contributed by atoms with E-state index < -0.39 is 0 Å². The molecule has 0 aromatic heterocycles. The molecule has 1 aliphatic carbocycles. The number of hydrogen-bond acceptors (Lipinski definition) is 2. The van der Waals surface area contributed by atoms with Crippen molar-refractivity contribution in [1.82, 2.24) is 4.90 Å². The van der Waals surface area contributed by atoms with Gasteiger partial charge in [0.25, 0.3) is 0 Å². The lowest BCUT2D eigenvalue weighted by Gasteiger charge is -2.35. The van der Waals surface area contributed by atoms with Crippen molar-refractivity contribution >= 4 is 0 Å². The maximum absolute atomic E-state index is 5.92. The molecule has 0 bridgehead atoms. The third-order valence-corrected chi connectivity index (χ3v) is 4.04. The normalized spacial score (nSPS) is 22.8. The molecule has 2 nitrogen and oxygen atoms in total. The van der Waals surface area contributed by atoms with E-state index in [0.717, 1.165) is 19.0 Å². The Morgan fingerprint density at radius 1 is 1.25 bits per heavy atom. The minimum absolute atomic E-state index is 0.633. The highest BCUT2D eigenvalue weighted by molar-refractivity contribution is 5.29. The third-order valence-electron chi connectivity index (χ3n) is 4.04. The van der Waals surface area contributed by atoms with Crippen LogP contribution in [0.4, 0.5) is 0 Å². The van der Waals surface area contributed by atoms with E-state index in [0.29, 0.717) is 6.04 Å². The molecule has 1 aromatic rings. The van der Waals surface area contributed by atoms with Crippen molar-refractivity contribution in [3.05, 3.63) is 35.4 Å². The number of hydrogen-bond donors (Lipinski definition) is 1. The van der Waals surface area contributed by atoms with Gasteiger partial charge in [0.1, 0.15) is 0 Å². The lowest BCUT2D eigenvalue weighted by Crippen LogP contribution is -2.44. The summed E-state index contributed by atoms with van der Waals surface area (Å²) in [5.41, 5.74) is 8.96. The van der Waals surface area contributed by atoms with Crippen LogP contribution in [0.25, 0.3) is 0 Å². The summed E-state index contributed by atoms with van der Waals surface area (Å²) in [6.07, 6.45) is 3.97. The van der Waals surface area contributed by atoms with Gasteiger partial charge in [-0.3, -0.25) is 4.90 Å². The zero-order chi connectivity index (χ0) is 11.0. The highest BCUT2D eigenvalue weighted by atomic mass is 15.2. The molecule has 0 radical (unpaired) electrons. The highest BCUT2D eigenvalue weighted by Gasteiger charge is 2.35. The van der Waals surface area contributed by atoms with Gasteiger partial charge in [-0.2, -0.15) is 0 Å². The first-order valence-electron chi connectivity index (χ1n) is 6.39. The summed E-state index contributed by atoms with van der Waals surface area (Å²) in [5.74, 6) is 0.885. The van der Waals surface area contributed by atoms with Crippen LogP contribution in [0.5, 0.6) is 0 Å². The predicted molar refractivity (Wildman–Crippen MR) is 66.1 cm³/mol. The number of nitrogens with zero attached hydrogens (tertiary/aromatic N) is 1. The monoisotopic (exact) mass is 216 g/mol. The van der Waals surface area contributed by atoms with Gasteiger partial charge in [-0.1, -0.05) is 24.3 Å². The third kappa shape index (κ3) is 1.87. The summed E-state index contributed by atoms with van der Waals surface area (Å²) in [7, 11) is 0. The van der Waals surface area contributed by atoms with E-state index in [4.69, 9.17) is 5.73 Å². The van der Waals surface area contributed by atoms with Gasteiger partial charge in [0, 0.05) is 25.7 Å². The topological polar surface area (TPSA) is 29.3 Å². The van der Waals surface area contributed by atoms with Crippen LogP contribution in [0.15, 0.2) is 24.3 Å². The van der Waals surface area contributed by atoms with Crippen molar-refractivity contribution in [3.63, 3.8) is 0 Å². The summed E-state index contributed by atoms with van der Waals surface area (Å²) in [6.45, 7) is 3.12. The fourth-order valence-electron chi connectivity index (χ4n) is 2.92. The Balaban J connectivity index is 1.76. The standard InChI is InChI=1S/C14H20N2/c15-9-14(12-5-6-12)16-8-7-11-3-1-2-4-13(11)10-16/h1-4,12,14H,5-10,15H2. The molecule has 2 aliphatic rings. The zero-order valence-corrected chi connectivity index (χ0v) is 9.73. The maximum Gasteiger partial charge on any atom is 0.0250 e. The highest BCUT2D eigenvalue weighted by Crippen LogP contribution is 2.36. The van der Waals surface area contributed by atoms with Crippen molar-refractivity contribution in [2.24, 2.45) is 11.7 Å². The predicted octanol–water partition coefficient (Wildman–Crippen LogP) is 1.78. The number of nitrogens with two attached hydrogens (primary N) is 1. The van der Waals surface area contributed by atoms with Crippen LogP contribution < -0.4 is 5.73 Å². The molecule has 1 aromatic carbocycles. The van der Waals surface area contributed by atoms with Gasteiger partial charge < -0.3 is 5.73 Å². The second-order valence-electron chi connectivity index (χ2n) is 5.13. The fourth-order valence-corrected chi connectivity index (χ4v) is 2.92. The molecule has 2 heteroatoms.